The fourth-order valence-electron chi connectivity index (χ4n) is 3.71. The molecular formula is C21H20O10. The summed E-state index contributed by atoms with van der Waals surface area (Å²) in [6.45, 7) is 1.45. The van der Waals surface area contributed by atoms with Gasteiger partial charge in [-0.3, -0.25) is 4.79 Å². The van der Waals surface area contributed by atoms with E-state index in [0.717, 1.165) is 18.2 Å². The van der Waals surface area contributed by atoms with Crippen LogP contribution in [0.4, 0.5) is 0 Å². The number of rotatable bonds is 2. The summed E-state index contributed by atoms with van der Waals surface area (Å²) in [6.07, 6.45) is -7.02. The predicted molar refractivity (Wildman–Crippen MR) is 106 cm³/mol. The molecule has 1 aromatic heterocycles. The van der Waals surface area contributed by atoms with E-state index in [1.54, 1.807) is 0 Å². The summed E-state index contributed by atoms with van der Waals surface area (Å²) in [4.78, 5) is 12.7. The van der Waals surface area contributed by atoms with Crippen molar-refractivity contribution in [2.24, 2.45) is 0 Å². The van der Waals surface area contributed by atoms with Gasteiger partial charge < -0.3 is 44.9 Å². The van der Waals surface area contributed by atoms with Gasteiger partial charge >= 0.3 is 0 Å². The summed E-state index contributed by atoms with van der Waals surface area (Å²) in [6, 6.07) is 5.64. The van der Waals surface area contributed by atoms with Crippen molar-refractivity contribution in [3.05, 3.63) is 46.1 Å². The average Bonchev–Trinajstić information content (AvgIpc) is 2.71. The molecule has 0 amide bonds. The van der Waals surface area contributed by atoms with Gasteiger partial charge in [-0.15, -0.1) is 0 Å². The third-order valence-electron chi connectivity index (χ3n) is 5.39. The van der Waals surface area contributed by atoms with Crippen molar-refractivity contribution in [3.63, 3.8) is 0 Å². The molecule has 10 heteroatoms. The quantitative estimate of drug-likeness (QED) is 0.286. The van der Waals surface area contributed by atoms with Crippen LogP contribution in [-0.2, 0) is 4.74 Å². The molecule has 0 aliphatic carbocycles. The lowest BCUT2D eigenvalue weighted by Crippen LogP contribution is -2.53. The average molecular weight is 432 g/mol. The van der Waals surface area contributed by atoms with E-state index in [1.165, 1.54) is 19.1 Å². The number of fused-ring (bicyclic) bond motifs is 1. The minimum absolute atomic E-state index is 0.0713. The molecular weight excluding hydrogens is 412 g/mol. The smallest absolute Gasteiger partial charge is 0.197 e. The van der Waals surface area contributed by atoms with E-state index < -0.39 is 53.2 Å². The molecule has 31 heavy (non-hydrogen) atoms. The monoisotopic (exact) mass is 432 g/mol. The maximum absolute atomic E-state index is 12.7. The highest BCUT2D eigenvalue weighted by molar-refractivity contribution is 5.89. The van der Waals surface area contributed by atoms with Gasteiger partial charge in [0.1, 0.15) is 47.1 Å². The first-order chi connectivity index (χ1) is 14.6. The van der Waals surface area contributed by atoms with Crippen molar-refractivity contribution in [1.29, 1.82) is 0 Å². The summed E-state index contributed by atoms with van der Waals surface area (Å²) in [5, 5.41) is 70.2. The minimum atomic E-state index is -1.68. The number of hydrogen-bond donors (Lipinski definition) is 7. The zero-order chi connectivity index (χ0) is 22.6. The summed E-state index contributed by atoms with van der Waals surface area (Å²) in [7, 11) is 0. The van der Waals surface area contributed by atoms with Crippen molar-refractivity contribution < 1.29 is 44.9 Å². The number of ether oxygens (including phenoxy) is 1. The first-order valence-corrected chi connectivity index (χ1v) is 9.34. The molecule has 0 bridgehead atoms. The van der Waals surface area contributed by atoms with Gasteiger partial charge in [0.2, 0.25) is 0 Å². The second-order valence-corrected chi connectivity index (χ2v) is 7.44. The molecule has 4 rings (SSSR count). The zero-order valence-electron chi connectivity index (χ0n) is 16.1. The topological polar surface area (TPSA) is 181 Å². The second kappa shape index (κ2) is 7.43. The van der Waals surface area contributed by atoms with E-state index in [4.69, 9.17) is 9.15 Å². The van der Waals surface area contributed by atoms with Crippen LogP contribution in [0.5, 0.6) is 23.0 Å². The maximum atomic E-state index is 12.7. The van der Waals surface area contributed by atoms with Gasteiger partial charge in [-0.25, -0.2) is 0 Å². The number of phenolic OH excluding ortho intramolecular Hbond substituents is 4. The third kappa shape index (κ3) is 3.35. The molecule has 2 heterocycles. The summed E-state index contributed by atoms with van der Waals surface area (Å²) in [5.74, 6) is -2.07. The lowest BCUT2D eigenvalue weighted by atomic mass is 9.90. The number of aliphatic hydroxyl groups is 3. The summed E-state index contributed by atoms with van der Waals surface area (Å²) >= 11 is 0. The molecule has 0 radical (unpaired) electrons. The van der Waals surface area contributed by atoms with Gasteiger partial charge in [0.15, 0.2) is 22.5 Å². The Morgan fingerprint density at radius 2 is 1.52 bits per heavy atom. The SMILES string of the molecule is C[C@@H]1O[C@@H](c2c(O)cc(O)c3c(=O)cc(-c4ccc(O)c(O)c4)oc23)[C@H](O)[C@@H](O)[C@H]1O. The van der Waals surface area contributed by atoms with Crippen molar-refractivity contribution >= 4 is 11.0 Å². The number of aliphatic hydroxyl groups excluding tert-OH is 3. The first kappa shape index (κ1) is 20.9. The van der Waals surface area contributed by atoms with Crippen LogP contribution >= 0.6 is 0 Å². The minimum Gasteiger partial charge on any atom is -0.507 e. The van der Waals surface area contributed by atoms with Crippen LogP contribution in [0.3, 0.4) is 0 Å². The molecule has 0 saturated carbocycles. The van der Waals surface area contributed by atoms with Gasteiger partial charge in [-0.1, -0.05) is 0 Å². The fraction of sp³-hybridized carbons (Fsp3) is 0.286. The summed E-state index contributed by atoms with van der Waals surface area (Å²) < 4.78 is 11.3. The molecule has 10 nitrogen and oxygen atoms in total. The van der Waals surface area contributed by atoms with Gasteiger partial charge in [-0.05, 0) is 25.1 Å². The van der Waals surface area contributed by atoms with Gasteiger partial charge in [0.25, 0.3) is 0 Å². The fourth-order valence-corrected chi connectivity index (χ4v) is 3.71. The Hall–Kier alpha value is -3.31. The molecule has 3 aromatic rings. The van der Waals surface area contributed by atoms with E-state index in [9.17, 15) is 40.5 Å². The van der Waals surface area contributed by atoms with Gasteiger partial charge in [0, 0.05) is 17.7 Å². The van der Waals surface area contributed by atoms with Crippen LogP contribution in [0, 0.1) is 0 Å². The largest absolute Gasteiger partial charge is 0.507 e. The molecule has 0 spiro atoms. The van der Waals surface area contributed by atoms with Crippen LogP contribution in [0.15, 0.2) is 39.5 Å². The van der Waals surface area contributed by atoms with E-state index >= 15 is 0 Å². The lowest BCUT2D eigenvalue weighted by Gasteiger charge is -2.39. The van der Waals surface area contributed by atoms with Crippen molar-refractivity contribution in [1.82, 2.24) is 0 Å². The highest BCUT2D eigenvalue weighted by Gasteiger charge is 2.44. The van der Waals surface area contributed by atoms with Crippen LogP contribution in [0.1, 0.15) is 18.6 Å². The number of benzene rings is 2. The Morgan fingerprint density at radius 3 is 2.19 bits per heavy atom. The second-order valence-electron chi connectivity index (χ2n) is 7.44. The van der Waals surface area contributed by atoms with Crippen molar-refractivity contribution in [3.8, 4) is 34.3 Å². The van der Waals surface area contributed by atoms with E-state index in [-0.39, 0.29) is 33.6 Å². The van der Waals surface area contributed by atoms with Crippen molar-refractivity contribution in [2.45, 2.75) is 37.4 Å². The van der Waals surface area contributed by atoms with Crippen LogP contribution in [0.2, 0.25) is 0 Å². The normalized spacial score (nSPS) is 26.3. The Bertz CT molecular complexity index is 1220. The molecule has 0 unspecified atom stereocenters. The number of aromatic hydroxyl groups is 4. The standard InChI is InChI=1S/C21H20O10/c1-7-17(27)18(28)19(29)21(30-7)16-12(25)5-11(24)15-13(26)6-14(31-20(15)16)8-2-3-9(22)10(23)4-8/h2-7,17-19,21-25,27-29H,1H3/t7-,17-,18-,19+,21-/m0/s1. The van der Waals surface area contributed by atoms with Gasteiger partial charge in [0.05, 0.1) is 11.7 Å². The lowest BCUT2D eigenvalue weighted by molar-refractivity contribution is -0.219. The highest BCUT2D eigenvalue weighted by Crippen LogP contribution is 2.43. The van der Waals surface area contributed by atoms with E-state index in [1.807, 2.05) is 0 Å². The molecule has 164 valence electrons. The Labute approximate surface area is 174 Å². The van der Waals surface area contributed by atoms with E-state index in [0.29, 0.717) is 0 Å². The maximum Gasteiger partial charge on any atom is 0.197 e. The highest BCUT2D eigenvalue weighted by atomic mass is 16.5. The molecule has 7 N–H and O–H groups in total. The predicted octanol–water partition coefficient (Wildman–Crippen LogP) is 0.825. The van der Waals surface area contributed by atoms with Crippen LogP contribution < -0.4 is 5.43 Å². The van der Waals surface area contributed by atoms with Crippen LogP contribution in [0.25, 0.3) is 22.3 Å². The number of phenols is 4. The van der Waals surface area contributed by atoms with Gasteiger partial charge in [-0.2, -0.15) is 0 Å². The molecule has 5 atom stereocenters. The molecule has 1 aliphatic heterocycles. The van der Waals surface area contributed by atoms with E-state index in [2.05, 4.69) is 0 Å². The molecule has 1 aliphatic rings. The Kier molecular flexibility index (Phi) is 5.02. The zero-order valence-corrected chi connectivity index (χ0v) is 16.1. The Balaban J connectivity index is 1.98. The summed E-state index contributed by atoms with van der Waals surface area (Å²) in [5.41, 5.74) is -1.01. The van der Waals surface area contributed by atoms with Crippen LogP contribution in [-0.4, -0.2) is 60.2 Å². The first-order valence-electron chi connectivity index (χ1n) is 9.34. The number of hydrogen-bond acceptors (Lipinski definition) is 10. The van der Waals surface area contributed by atoms with Crippen molar-refractivity contribution in [2.75, 3.05) is 0 Å². The third-order valence-corrected chi connectivity index (χ3v) is 5.39. The molecule has 1 fully saturated rings. The Morgan fingerprint density at radius 1 is 0.806 bits per heavy atom. The molecule has 2 aromatic carbocycles. The molecule has 1 saturated heterocycles.